The topological polar surface area (TPSA) is 64.6 Å². The molecule has 3 rings (SSSR count). The predicted molar refractivity (Wildman–Crippen MR) is 145 cm³/mol. The lowest BCUT2D eigenvalue weighted by Gasteiger charge is -2.18. The van der Waals surface area contributed by atoms with Crippen molar-refractivity contribution in [3.63, 3.8) is 0 Å². The number of ether oxygens (including phenoxy) is 2. The van der Waals surface area contributed by atoms with Crippen LogP contribution in [0, 0.1) is 5.92 Å². The molecule has 204 valence electrons. The van der Waals surface area contributed by atoms with Gasteiger partial charge in [0.25, 0.3) is 5.91 Å². The van der Waals surface area contributed by atoms with Crippen LogP contribution in [0.3, 0.4) is 0 Å². The van der Waals surface area contributed by atoms with Crippen molar-refractivity contribution >= 4 is 35.0 Å². The van der Waals surface area contributed by atoms with E-state index in [4.69, 9.17) is 4.74 Å². The van der Waals surface area contributed by atoms with E-state index in [9.17, 15) is 22.8 Å². The van der Waals surface area contributed by atoms with Gasteiger partial charge in [-0.25, -0.2) is 0 Å². The minimum absolute atomic E-state index is 0.0970. The molecule has 10 heteroatoms. The molecule has 0 radical (unpaired) electrons. The molecule has 0 aliphatic rings. The fourth-order valence-corrected chi connectivity index (χ4v) is 5.78. The molecular formula is C28H30F3NO4S2. The Morgan fingerprint density at radius 2 is 1.61 bits per heavy atom. The minimum Gasteiger partial charge on any atom is -0.474 e. The zero-order chi connectivity index (χ0) is 27.7. The van der Waals surface area contributed by atoms with E-state index in [1.165, 1.54) is 30.6 Å². The lowest BCUT2D eigenvalue weighted by atomic mass is 10.0. The molecule has 2 aromatic carbocycles. The summed E-state index contributed by atoms with van der Waals surface area (Å²) in [4.78, 5) is 25.2. The Labute approximate surface area is 228 Å². The van der Waals surface area contributed by atoms with Crippen molar-refractivity contribution in [1.29, 1.82) is 0 Å². The second-order valence-corrected chi connectivity index (χ2v) is 11.2. The summed E-state index contributed by atoms with van der Waals surface area (Å²) in [6.45, 7) is 4.49. The van der Waals surface area contributed by atoms with E-state index in [1.807, 2.05) is 18.2 Å². The molecule has 38 heavy (non-hydrogen) atoms. The van der Waals surface area contributed by atoms with Crippen LogP contribution in [0.5, 0.6) is 5.75 Å². The van der Waals surface area contributed by atoms with E-state index in [0.29, 0.717) is 22.1 Å². The van der Waals surface area contributed by atoms with Crippen LogP contribution in [0.25, 0.3) is 11.1 Å². The summed E-state index contributed by atoms with van der Waals surface area (Å²) >= 11 is 2.97. The average Bonchev–Trinajstić information content (AvgIpc) is 3.38. The molecule has 1 atom stereocenters. The number of methoxy groups -OCH3 is 1. The first kappa shape index (κ1) is 29.6. The molecule has 1 heterocycles. The Morgan fingerprint density at radius 1 is 0.974 bits per heavy atom. The first-order valence-electron chi connectivity index (χ1n) is 12.1. The zero-order valence-electron chi connectivity index (χ0n) is 21.3. The summed E-state index contributed by atoms with van der Waals surface area (Å²) < 4.78 is 49.4. The highest BCUT2D eigenvalue weighted by atomic mass is 32.2. The van der Waals surface area contributed by atoms with Gasteiger partial charge in [0, 0.05) is 6.54 Å². The molecule has 1 aromatic heterocycles. The highest BCUT2D eigenvalue weighted by Crippen LogP contribution is 2.37. The van der Waals surface area contributed by atoms with Gasteiger partial charge in [-0.2, -0.15) is 13.2 Å². The van der Waals surface area contributed by atoms with Crippen molar-refractivity contribution < 1.29 is 32.2 Å². The largest absolute Gasteiger partial charge is 0.474 e. The van der Waals surface area contributed by atoms with Crippen LogP contribution >= 0.6 is 23.1 Å². The monoisotopic (exact) mass is 565 g/mol. The molecular weight excluding hydrogens is 535 g/mol. The summed E-state index contributed by atoms with van der Waals surface area (Å²) in [5, 5.41) is 2.72. The predicted octanol–water partition coefficient (Wildman–Crippen LogP) is 7.58. The third-order valence-corrected chi connectivity index (χ3v) is 7.93. The fourth-order valence-electron chi connectivity index (χ4n) is 3.36. The van der Waals surface area contributed by atoms with Gasteiger partial charge in [0.15, 0.2) is 5.44 Å². The summed E-state index contributed by atoms with van der Waals surface area (Å²) in [7, 11) is 1.30. The van der Waals surface area contributed by atoms with Gasteiger partial charge in [-0.1, -0.05) is 38.1 Å². The molecule has 1 N–H and O–H groups in total. The van der Waals surface area contributed by atoms with Gasteiger partial charge in [0.05, 0.1) is 28.8 Å². The lowest BCUT2D eigenvalue weighted by molar-refractivity contribution is -0.140. The second-order valence-electron chi connectivity index (χ2n) is 8.89. The Balaban J connectivity index is 1.70. The van der Waals surface area contributed by atoms with Crippen molar-refractivity contribution in [1.82, 2.24) is 5.32 Å². The Kier molecular flexibility index (Phi) is 10.7. The number of hydrogen-bond donors (Lipinski definition) is 1. The Hall–Kier alpha value is -2.98. The number of carbonyl (C=O) groups is 2. The first-order valence-corrected chi connectivity index (χ1v) is 13.9. The highest BCUT2D eigenvalue weighted by Gasteiger charge is 2.30. The van der Waals surface area contributed by atoms with E-state index in [0.717, 1.165) is 34.7 Å². The number of esters is 1. The molecule has 1 amide bonds. The van der Waals surface area contributed by atoms with Gasteiger partial charge < -0.3 is 14.8 Å². The molecule has 0 aliphatic heterocycles. The van der Waals surface area contributed by atoms with Crippen LogP contribution in [0.15, 0.2) is 60.7 Å². The summed E-state index contributed by atoms with van der Waals surface area (Å²) in [6, 6.07) is 15.8. The molecule has 0 bridgehead atoms. The second kappa shape index (κ2) is 13.7. The maximum atomic E-state index is 12.9. The zero-order valence-corrected chi connectivity index (χ0v) is 23.0. The number of hydrogen-bond acceptors (Lipinski definition) is 6. The van der Waals surface area contributed by atoms with Crippen LogP contribution < -0.4 is 10.1 Å². The minimum atomic E-state index is -4.37. The number of benzene rings is 2. The Morgan fingerprint density at radius 3 is 2.18 bits per heavy atom. The molecule has 0 fully saturated rings. The summed E-state index contributed by atoms with van der Waals surface area (Å²) in [5.74, 6) is 1.35. The fraction of sp³-hybridized carbons (Fsp3) is 0.357. The molecule has 5 nitrogen and oxygen atoms in total. The van der Waals surface area contributed by atoms with Crippen LogP contribution in [0.4, 0.5) is 13.2 Å². The van der Waals surface area contributed by atoms with Gasteiger partial charge in [-0.3, -0.25) is 9.59 Å². The number of thioether (sulfide) groups is 1. The molecule has 1 unspecified atom stereocenters. The van der Waals surface area contributed by atoms with Crippen molar-refractivity contribution in [2.24, 2.45) is 5.92 Å². The Bertz CT molecular complexity index is 1190. The molecule has 3 aromatic rings. The maximum absolute atomic E-state index is 12.9. The standard InChI is InChI=1S/C28H30F3NO4S2/c1-18(2)15-17-37-27(24-13-12-23(38-24)26(34)32-16-14-25(33)35-3)36-22-10-6-20(7-11-22)19-4-8-21(9-5-19)28(29,30)31/h4-13,18,27H,14-17H2,1-3H3,(H,32,34). The number of amides is 1. The molecule has 0 aliphatic carbocycles. The van der Waals surface area contributed by atoms with Gasteiger partial charge in [0.2, 0.25) is 0 Å². The average molecular weight is 566 g/mol. The third-order valence-electron chi connectivity index (χ3n) is 5.53. The number of nitrogens with one attached hydrogen (secondary N) is 1. The number of rotatable bonds is 12. The van der Waals surface area contributed by atoms with Crippen molar-refractivity contribution in [3.8, 4) is 16.9 Å². The van der Waals surface area contributed by atoms with Gasteiger partial charge in [-0.15, -0.1) is 23.1 Å². The van der Waals surface area contributed by atoms with E-state index >= 15 is 0 Å². The van der Waals surface area contributed by atoms with Crippen molar-refractivity contribution in [2.75, 3.05) is 19.4 Å². The van der Waals surface area contributed by atoms with Crippen molar-refractivity contribution in [2.45, 2.75) is 38.3 Å². The summed E-state index contributed by atoms with van der Waals surface area (Å²) in [6.07, 6.45) is -3.27. The SMILES string of the molecule is COC(=O)CCNC(=O)c1ccc(C(Oc2ccc(-c3ccc(C(F)(F)F)cc3)cc2)SCCC(C)C)s1. The normalized spacial score (nSPS) is 12.3. The van der Waals surface area contributed by atoms with Crippen LogP contribution in [0.2, 0.25) is 0 Å². The number of halogens is 3. The van der Waals surface area contributed by atoms with E-state index in [-0.39, 0.29) is 24.3 Å². The van der Waals surface area contributed by atoms with E-state index in [1.54, 1.807) is 30.0 Å². The lowest BCUT2D eigenvalue weighted by Crippen LogP contribution is -2.25. The van der Waals surface area contributed by atoms with Gasteiger partial charge in [-0.05, 0) is 65.6 Å². The van der Waals surface area contributed by atoms with Crippen LogP contribution in [-0.2, 0) is 15.7 Å². The number of carbonyl (C=O) groups excluding carboxylic acids is 2. The summed E-state index contributed by atoms with van der Waals surface area (Å²) in [5.41, 5.74) is 0.424. The van der Waals surface area contributed by atoms with Crippen LogP contribution in [0.1, 0.15) is 52.2 Å². The maximum Gasteiger partial charge on any atom is 0.416 e. The highest BCUT2D eigenvalue weighted by molar-refractivity contribution is 7.99. The van der Waals surface area contributed by atoms with E-state index < -0.39 is 17.7 Å². The number of alkyl halides is 3. The smallest absolute Gasteiger partial charge is 0.416 e. The van der Waals surface area contributed by atoms with Gasteiger partial charge >= 0.3 is 12.1 Å². The van der Waals surface area contributed by atoms with E-state index in [2.05, 4.69) is 23.9 Å². The molecule has 0 spiro atoms. The number of thiophene rings is 1. The first-order chi connectivity index (χ1) is 18.1. The molecule has 0 saturated heterocycles. The molecule has 0 saturated carbocycles. The van der Waals surface area contributed by atoms with Crippen LogP contribution in [-0.4, -0.2) is 31.3 Å². The quantitative estimate of drug-likeness (QED) is 0.181. The van der Waals surface area contributed by atoms with Crippen molar-refractivity contribution in [3.05, 3.63) is 76.0 Å². The van der Waals surface area contributed by atoms with Gasteiger partial charge in [0.1, 0.15) is 5.75 Å². The third kappa shape index (κ3) is 8.80.